The molecule has 0 saturated carbocycles. The van der Waals surface area contributed by atoms with Crippen molar-refractivity contribution in [3.8, 4) is 0 Å². The highest BCUT2D eigenvalue weighted by atomic mass is 19.1. The van der Waals surface area contributed by atoms with Crippen molar-refractivity contribution in [2.45, 2.75) is 6.04 Å². The van der Waals surface area contributed by atoms with E-state index in [1.54, 1.807) is 24.1 Å². The molecule has 20 heavy (non-hydrogen) atoms. The van der Waals surface area contributed by atoms with Gasteiger partial charge < -0.3 is 5.32 Å². The van der Waals surface area contributed by atoms with Crippen molar-refractivity contribution in [3.05, 3.63) is 66.0 Å². The maximum Gasteiger partial charge on any atom is 0.280 e. The van der Waals surface area contributed by atoms with Crippen LogP contribution in [0.1, 0.15) is 17.2 Å². The van der Waals surface area contributed by atoms with Gasteiger partial charge in [-0.3, -0.25) is 9.48 Å². The van der Waals surface area contributed by atoms with Gasteiger partial charge in [0.05, 0.1) is 12.2 Å². The Hall–Kier alpha value is -2.50. The fourth-order valence-electron chi connectivity index (χ4n) is 1.81. The number of nitrogens with zero attached hydrogens (tertiary/aromatic N) is 2. The fourth-order valence-corrected chi connectivity index (χ4v) is 1.81. The summed E-state index contributed by atoms with van der Waals surface area (Å²) >= 11 is 0. The molecule has 0 saturated heterocycles. The third-order valence-electron chi connectivity index (χ3n) is 2.78. The first kappa shape index (κ1) is 13.9. The van der Waals surface area contributed by atoms with Crippen molar-refractivity contribution in [1.29, 1.82) is 0 Å². The molecule has 0 aliphatic heterocycles. The van der Waals surface area contributed by atoms with Crippen LogP contribution in [-0.2, 0) is 11.8 Å². The van der Waals surface area contributed by atoms with Crippen molar-refractivity contribution in [2.24, 2.45) is 7.05 Å². The van der Waals surface area contributed by atoms with Gasteiger partial charge in [-0.25, -0.2) is 8.78 Å². The van der Waals surface area contributed by atoms with E-state index in [1.165, 1.54) is 24.3 Å². The van der Waals surface area contributed by atoms with Crippen LogP contribution >= 0.6 is 0 Å². The van der Waals surface area contributed by atoms with Crippen LogP contribution in [0, 0.1) is 5.82 Å². The molecule has 2 rings (SSSR count). The summed E-state index contributed by atoms with van der Waals surface area (Å²) < 4.78 is 27.4. The van der Waals surface area contributed by atoms with Crippen LogP contribution in [0.3, 0.4) is 0 Å². The van der Waals surface area contributed by atoms with Gasteiger partial charge in [0.15, 0.2) is 5.83 Å². The first-order valence-electron chi connectivity index (χ1n) is 5.86. The highest BCUT2D eigenvalue weighted by Crippen LogP contribution is 2.22. The molecule has 0 radical (unpaired) electrons. The number of carbonyl (C=O) groups is 1. The quantitative estimate of drug-likeness (QED) is 0.871. The molecule has 0 fully saturated rings. The van der Waals surface area contributed by atoms with E-state index in [4.69, 9.17) is 0 Å². The number of nitrogens with one attached hydrogen (secondary N) is 1. The Morgan fingerprint density at radius 2 is 2.00 bits per heavy atom. The maximum atomic E-state index is 13.0. The number of benzene rings is 1. The Kier molecular flexibility index (Phi) is 3.93. The average Bonchev–Trinajstić information content (AvgIpc) is 2.83. The summed E-state index contributed by atoms with van der Waals surface area (Å²) in [5.74, 6) is -2.39. The summed E-state index contributed by atoms with van der Waals surface area (Å²) in [6, 6.07) is 4.97. The Bertz CT molecular complexity index is 634. The van der Waals surface area contributed by atoms with Gasteiger partial charge >= 0.3 is 0 Å². The van der Waals surface area contributed by atoms with Gasteiger partial charge in [0.25, 0.3) is 5.91 Å². The zero-order chi connectivity index (χ0) is 14.7. The molecule has 1 aromatic carbocycles. The second-order valence-electron chi connectivity index (χ2n) is 4.31. The minimum Gasteiger partial charge on any atom is -0.339 e. The number of hydrogen-bond acceptors (Lipinski definition) is 2. The molecule has 1 N–H and O–H groups in total. The van der Waals surface area contributed by atoms with E-state index in [-0.39, 0.29) is 5.82 Å². The normalized spacial score (nSPS) is 11.9. The van der Waals surface area contributed by atoms with E-state index >= 15 is 0 Å². The third kappa shape index (κ3) is 3.09. The fraction of sp³-hybridized carbons (Fsp3) is 0.143. The van der Waals surface area contributed by atoms with Gasteiger partial charge in [-0.05, 0) is 17.7 Å². The lowest BCUT2D eigenvalue weighted by Gasteiger charge is -2.17. The van der Waals surface area contributed by atoms with E-state index < -0.39 is 17.8 Å². The molecule has 1 amide bonds. The van der Waals surface area contributed by atoms with Crippen molar-refractivity contribution >= 4 is 5.91 Å². The molecule has 6 heteroatoms. The smallest absolute Gasteiger partial charge is 0.280 e. The molecule has 104 valence electrons. The topological polar surface area (TPSA) is 46.9 Å². The summed E-state index contributed by atoms with van der Waals surface area (Å²) in [6.45, 7) is 2.96. The molecule has 0 aliphatic carbocycles. The molecular weight excluding hydrogens is 264 g/mol. The molecule has 1 heterocycles. The van der Waals surface area contributed by atoms with Crippen LogP contribution in [0.5, 0.6) is 0 Å². The minimum atomic E-state index is -1.08. The lowest BCUT2D eigenvalue weighted by atomic mass is 10.0. The largest absolute Gasteiger partial charge is 0.339 e. The first-order valence-corrected chi connectivity index (χ1v) is 5.86. The Balaban J connectivity index is 2.35. The van der Waals surface area contributed by atoms with E-state index in [0.717, 1.165) is 0 Å². The van der Waals surface area contributed by atoms with Crippen LogP contribution in [0.15, 0.2) is 49.1 Å². The SMILES string of the molecule is C=C(F)C(=O)NC(c1ccc(F)cc1)c1cnn(C)c1. The second kappa shape index (κ2) is 5.64. The summed E-state index contributed by atoms with van der Waals surface area (Å²) in [4.78, 5) is 11.5. The average molecular weight is 277 g/mol. The molecule has 1 unspecified atom stereocenters. The molecular formula is C14H13F2N3O. The molecule has 2 aromatic rings. The van der Waals surface area contributed by atoms with Gasteiger partial charge in [0.1, 0.15) is 5.82 Å². The number of hydrogen-bond donors (Lipinski definition) is 1. The first-order chi connectivity index (χ1) is 9.47. The van der Waals surface area contributed by atoms with Crippen LogP contribution < -0.4 is 5.32 Å². The summed E-state index contributed by atoms with van der Waals surface area (Å²) in [6.07, 6.45) is 3.24. The molecule has 0 spiro atoms. The van der Waals surface area contributed by atoms with Gasteiger partial charge in [-0.1, -0.05) is 18.7 Å². The van der Waals surface area contributed by atoms with Crippen LogP contribution in [0.25, 0.3) is 0 Å². The second-order valence-corrected chi connectivity index (χ2v) is 4.31. The van der Waals surface area contributed by atoms with Gasteiger partial charge in [0.2, 0.25) is 0 Å². The Morgan fingerprint density at radius 1 is 1.35 bits per heavy atom. The number of amides is 1. The number of rotatable bonds is 4. The number of aryl methyl sites for hydroxylation is 1. The summed E-state index contributed by atoms with van der Waals surface area (Å²) in [5, 5.41) is 6.50. The Labute approximate surface area is 114 Å². The van der Waals surface area contributed by atoms with Crippen LogP contribution in [0.2, 0.25) is 0 Å². The van der Waals surface area contributed by atoms with Crippen molar-refractivity contribution in [2.75, 3.05) is 0 Å². The van der Waals surface area contributed by atoms with E-state index in [0.29, 0.717) is 11.1 Å². The molecule has 1 atom stereocenters. The van der Waals surface area contributed by atoms with Crippen LogP contribution in [-0.4, -0.2) is 15.7 Å². The van der Waals surface area contributed by atoms with E-state index in [1.807, 2.05) is 0 Å². The minimum absolute atomic E-state index is 0.389. The lowest BCUT2D eigenvalue weighted by Crippen LogP contribution is -2.29. The van der Waals surface area contributed by atoms with Crippen molar-refractivity contribution < 1.29 is 13.6 Å². The predicted molar refractivity (Wildman–Crippen MR) is 69.8 cm³/mol. The van der Waals surface area contributed by atoms with E-state index in [2.05, 4.69) is 17.0 Å². The predicted octanol–water partition coefficient (Wildman–Crippen LogP) is 2.25. The zero-order valence-corrected chi connectivity index (χ0v) is 10.8. The van der Waals surface area contributed by atoms with E-state index in [9.17, 15) is 13.6 Å². The highest BCUT2D eigenvalue weighted by molar-refractivity contribution is 5.91. The molecule has 0 aliphatic rings. The third-order valence-corrected chi connectivity index (χ3v) is 2.78. The summed E-state index contributed by atoms with van der Waals surface area (Å²) in [7, 11) is 1.72. The standard InChI is InChI=1S/C14H13F2N3O/c1-9(15)14(20)18-13(11-7-17-19(2)8-11)10-3-5-12(16)6-4-10/h3-8,13H,1H2,2H3,(H,18,20). The number of halogens is 2. The molecule has 4 nitrogen and oxygen atoms in total. The van der Waals surface area contributed by atoms with Gasteiger partial charge in [0, 0.05) is 18.8 Å². The monoisotopic (exact) mass is 277 g/mol. The summed E-state index contributed by atoms with van der Waals surface area (Å²) in [5.41, 5.74) is 1.28. The highest BCUT2D eigenvalue weighted by Gasteiger charge is 2.19. The molecule has 0 bridgehead atoms. The lowest BCUT2D eigenvalue weighted by molar-refractivity contribution is -0.119. The van der Waals surface area contributed by atoms with Crippen molar-refractivity contribution in [1.82, 2.24) is 15.1 Å². The maximum absolute atomic E-state index is 13.0. The van der Waals surface area contributed by atoms with Gasteiger partial charge in [-0.2, -0.15) is 5.10 Å². The Morgan fingerprint density at radius 3 is 2.50 bits per heavy atom. The molecule has 1 aromatic heterocycles. The zero-order valence-electron chi connectivity index (χ0n) is 10.8. The van der Waals surface area contributed by atoms with Gasteiger partial charge in [-0.15, -0.1) is 0 Å². The number of aromatic nitrogens is 2. The van der Waals surface area contributed by atoms with Crippen LogP contribution in [0.4, 0.5) is 8.78 Å². The van der Waals surface area contributed by atoms with Crippen molar-refractivity contribution in [3.63, 3.8) is 0 Å². The number of carbonyl (C=O) groups excluding carboxylic acids is 1.